The molecule has 0 aliphatic carbocycles. The third-order valence-corrected chi connectivity index (χ3v) is 5.49. The van der Waals surface area contributed by atoms with Crippen molar-refractivity contribution in [3.05, 3.63) is 59.5 Å². The Hall–Kier alpha value is -2.78. The molecule has 1 aromatic heterocycles. The summed E-state index contributed by atoms with van der Waals surface area (Å²) in [4.78, 5) is 17.1. The van der Waals surface area contributed by atoms with E-state index in [0.717, 1.165) is 24.4 Å². The van der Waals surface area contributed by atoms with Crippen molar-refractivity contribution >= 4 is 6.03 Å². The van der Waals surface area contributed by atoms with Crippen LogP contribution in [0.15, 0.2) is 47.1 Å². The summed E-state index contributed by atoms with van der Waals surface area (Å²) in [7, 11) is 0. The largest absolute Gasteiger partial charge is 0.468 e. The number of hydrogen-bond acceptors (Lipinski definition) is 4. The Balaban J connectivity index is 1.65. The Kier molecular flexibility index (Phi) is 6.72. The highest BCUT2D eigenvalue weighted by molar-refractivity contribution is 5.74. The van der Waals surface area contributed by atoms with Gasteiger partial charge < -0.3 is 14.6 Å². The summed E-state index contributed by atoms with van der Waals surface area (Å²) in [5.74, 6) is 0.894. The highest BCUT2D eigenvalue weighted by Gasteiger charge is 2.27. The van der Waals surface area contributed by atoms with Gasteiger partial charge in [0.05, 0.1) is 30.0 Å². The van der Waals surface area contributed by atoms with Gasteiger partial charge in [-0.25, -0.2) is 4.79 Å². The van der Waals surface area contributed by atoms with Crippen LogP contribution in [0.4, 0.5) is 4.79 Å². The van der Waals surface area contributed by atoms with Crippen LogP contribution in [0, 0.1) is 11.3 Å². The predicted molar refractivity (Wildman–Crippen MR) is 108 cm³/mol. The zero-order valence-corrected chi connectivity index (χ0v) is 16.6. The van der Waals surface area contributed by atoms with Gasteiger partial charge in [0, 0.05) is 13.1 Å². The molecule has 0 radical (unpaired) electrons. The van der Waals surface area contributed by atoms with E-state index >= 15 is 0 Å². The SMILES string of the molecule is CCN(C(=O)NC[C@H](c1ccco1)N1CCCC1)[C@H](C)c1ccc(C#N)cc1. The third-order valence-electron chi connectivity index (χ3n) is 5.49. The van der Waals surface area contributed by atoms with Crippen LogP contribution in [0.2, 0.25) is 0 Å². The lowest BCUT2D eigenvalue weighted by atomic mass is 10.1. The van der Waals surface area contributed by atoms with Crippen molar-refractivity contribution in [2.75, 3.05) is 26.2 Å². The summed E-state index contributed by atoms with van der Waals surface area (Å²) in [6.07, 6.45) is 4.05. The van der Waals surface area contributed by atoms with Gasteiger partial charge in [0.1, 0.15) is 5.76 Å². The molecule has 3 rings (SSSR count). The van der Waals surface area contributed by atoms with E-state index in [1.54, 1.807) is 18.4 Å². The molecule has 1 N–H and O–H groups in total. The summed E-state index contributed by atoms with van der Waals surface area (Å²) in [6.45, 7) is 7.16. The van der Waals surface area contributed by atoms with Gasteiger partial charge in [-0.15, -0.1) is 0 Å². The molecule has 1 aromatic carbocycles. The fourth-order valence-corrected chi connectivity index (χ4v) is 3.84. The Morgan fingerprint density at radius 2 is 2.00 bits per heavy atom. The number of carbonyl (C=O) groups excluding carboxylic acids is 1. The van der Waals surface area contributed by atoms with Crippen molar-refractivity contribution in [1.29, 1.82) is 5.26 Å². The minimum atomic E-state index is -0.0879. The number of rotatable bonds is 7. The van der Waals surface area contributed by atoms with Gasteiger partial charge >= 0.3 is 6.03 Å². The maximum Gasteiger partial charge on any atom is 0.317 e. The lowest BCUT2D eigenvalue weighted by molar-refractivity contribution is 0.170. The highest BCUT2D eigenvalue weighted by atomic mass is 16.3. The van der Waals surface area contributed by atoms with Crippen LogP contribution in [-0.2, 0) is 0 Å². The molecule has 0 spiro atoms. The number of nitrogens with zero attached hydrogens (tertiary/aromatic N) is 3. The van der Waals surface area contributed by atoms with E-state index in [2.05, 4.69) is 16.3 Å². The van der Waals surface area contributed by atoms with Crippen molar-refractivity contribution in [2.45, 2.75) is 38.8 Å². The van der Waals surface area contributed by atoms with E-state index in [4.69, 9.17) is 9.68 Å². The topological polar surface area (TPSA) is 72.5 Å². The minimum absolute atomic E-state index is 0.0605. The molecule has 2 aromatic rings. The zero-order valence-electron chi connectivity index (χ0n) is 16.6. The number of carbonyl (C=O) groups is 1. The molecule has 1 saturated heterocycles. The van der Waals surface area contributed by atoms with Gasteiger partial charge in [0.25, 0.3) is 0 Å². The maximum atomic E-state index is 12.9. The zero-order chi connectivity index (χ0) is 19.9. The molecule has 1 fully saturated rings. The third kappa shape index (κ3) is 4.55. The quantitative estimate of drug-likeness (QED) is 0.785. The standard InChI is InChI=1S/C22H28N4O2/c1-3-26(17(2)19-10-8-18(15-23)9-11-19)22(27)24-16-20(21-7-6-14-28-21)25-12-4-5-13-25/h6-11,14,17,20H,3-5,12-13,16H2,1-2H3,(H,24,27)/t17-,20-/m1/s1. The summed E-state index contributed by atoms with van der Waals surface area (Å²) < 4.78 is 5.63. The van der Waals surface area contributed by atoms with E-state index in [9.17, 15) is 4.79 Å². The van der Waals surface area contributed by atoms with Crippen molar-refractivity contribution in [2.24, 2.45) is 0 Å². The number of urea groups is 1. The molecule has 2 amide bonds. The van der Waals surface area contributed by atoms with E-state index < -0.39 is 0 Å². The van der Waals surface area contributed by atoms with E-state index in [1.807, 2.05) is 43.0 Å². The number of nitrogens with one attached hydrogen (secondary N) is 1. The van der Waals surface area contributed by atoms with Crippen molar-refractivity contribution in [3.63, 3.8) is 0 Å². The van der Waals surface area contributed by atoms with Gasteiger partial charge in [-0.05, 0) is 69.6 Å². The molecule has 6 heteroatoms. The first kappa shape index (κ1) is 20.0. The van der Waals surface area contributed by atoms with Gasteiger partial charge in [-0.1, -0.05) is 12.1 Å². The first-order valence-electron chi connectivity index (χ1n) is 9.96. The molecule has 0 bridgehead atoms. The minimum Gasteiger partial charge on any atom is -0.468 e. The lowest BCUT2D eigenvalue weighted by Crippen LogP contribution is -2.44. The van der Waals surface area contributed by atoms with Crippen LogP contribution < -0.4 is 5.32 Å². The van der Waals surface area contributed by atoms with Crippen LogP contribution in [0.5, 0.6) is 0 Å². The van der Waals surface area contributed by atoms with Gasteiger partial charge in [0.2, 0.25) is 0 Å². The summed E-state index contributed by atoms with van der Waals surface area (Å²) >= 11 is 0. The van der Waals surface area contributed by atoms with Gasteiger partial charge in [0.15, 0.2) is 0 Å². The van der Waals surface area contributed by atoms with E-state index in [0.29, 0.717) is 18.7 Å². The van der Waals surface area contributed by atoms with Crippen molar-refractivity contribution in [1.82, 2.24) is 15.1 Å². The fourth-order valence-electron chi connectivity index (χ4n) is 3.84. The average Bonchev–Trinajstić information content (AvgIpc) is 3.43. The molecule has 2 heterocycles. The number of hydrogen-bond donors (Lipinski definition) is 1. The Morgan fingerprint density at radius 1 is 1.29 bits per heavy atom. The average molecular weight is 380 g/mol. The Labute approximate surface area is 166 Å². The van der Waals surface area contributed by atoms with Crippen molar-refractivity contribution in [3.8, 4) is 6.07 Å². The van der Waals surface area contributed by atoms with E-state index in [1.165, 1.54) is 12.8 Å². The van der Waals surface area contributed by atoms with Crippen LogP contribution in [-0.4, -0.2) is 42.0 Å². The number of nitriles is 1. The smallest absolute Gasteiger partial charge is 0.317 e. The molecule has 1 aliphatic rings. The summed E-state index contributed by atoms with van der Waals surface area (Å²) in [5.41, 5.74) is 1.63. The molecule has 0 saturated carbocycles. The van der Waals surface area contributed by atoms with Crippen LogP contribution in [0.1, 0.15) is 55.7 Å². The first-order valence-corrected chi connectivity index (χ1v) is 9.96. The first-order chi connectivity index (χ1) is 13.6. The molecular formula is C22H28N4O2. The second kappa shape index (κ2) is 9.43. The van der Waals surface area contributed by atoms with Crippen molar-refractivity contribution < 1.29 is 9.21 Å². The Bertz CT molecular complexity index is 789. The predicted octanol–water partition coefficient (Wildman–Crippen LogP) is 4.08. The summed E-state index contributed by atoms with van der Waals surface area (Å²) in [5, 5.41) is 12.1. The molecule has 6 nitrogen and oxygen atoms in total. The van der Waals surface area contributed by atoms with Gasteiger partial charge in [-0.3, -0.25) is 4.90 Å². The highest BCUT2D eigenvalue weighted by Crippen LogP contribution is 2.25. The Morgan fingerprint density at radius 3 is 2.57 bits per heavy atom. The second-order valence-corrected chi connectivity index (χ2v) is 7.16. The maximum absolute atomic E-state index is 12.9. The molecule has 148 valence electrons. The normalized spacial score (nSPS) is 16.3. The molecular weight excluding hydrogens is 352 g/mol. The fraction of sp³-hybridized carbons (Fsp3) is 0.455. The van der Waals surface area contributed by atoms with Crippen LogP contribution >= 0.6 is 0 Å². The molecule has 2 atom stereocenters. The summed E-state index contributed by atoms with van der Waals surface area (Å²) in [6, 6.07) is 13.3. The number of benzene rings is 1. The number of amides is 2. The van der Waals surface area contributed by atoms with Crippen LogP contribution in [0.3, 0.4) is 0 Å². The van der Waals surface area contributed by atoms with Gasteiger partial charge in [-0.2, -0.15) is 5.26 Å². The number of likely N-dealkylation sites (tertiary alicyclic amines) is 1. The monoisotopic (exact) mass is 380 g/mol. The lowest BCUT2D eigenvalue weighted by Gasteiger charge is -2.31. The van der Waals surface area contributed by atoms with Crippen LogP contribution in [0.25, 0.3) is 0 Å². The molecule has 1 aliphatic heterocycles. The molecule has 0 unspecified atom stereocenters. The second-order valence-electron chi connectivity index (χ2n) is 7.16. The van der Waals surface area contributed by atoms with E-state index in [-0.39, 0.29) is 18.1 Å². The molecule has 28 heavy (non-hydrogen) atoms. The number of furan rings is 1.